The van der Waals surface area contributed by atoms with Gasteiger partial charge < -0.3 is 4.90 Å². The Morgan fingerprint density at radius 3 is 1.93 bits per heavy atom. The minimum absolute atomic E-state index is 0.0586. The van der Waals surface area contributed by atoms with Gasteiger partial charge in [-0.05, 0) is 24.3 Å². The van der Waals surface area contributed by atoms with Crippen LogP contribution in [0.5, 0.6) is 0 Å². The maximum atomic E-state index is 13.6. The third-order valence-electron chi connectivity index (χ3n) is 4.74. The first-order chi connectivity index (χ1) is 13.8. The number of anilines is 1. The summed E-state index contributed by atoms with van der Waals surface area (Å²) in [5, 5.41) is 0. The number of aromatic nitrogens is 2. The van der Waals surface area contributed by atoms with Gasteiger partial charge in [-0.3, -0.25) is 0 Å². The highest BCUT2D eigenvalue weighted by Gasteiger charge is 2.39. The van der Waals surface area contributed by atoms with Crippen molar-refractivity contribution >= 4 is 26.9 Å². The Morgan fingerprint density at radius 2 is 1.34 bits per heavy atom. The number of sulfonamides is 1. The highest BCUT2D eigenvalue weighted by Crippen LogP contribution is 2.35. The van der Waals surface area contributed by atoms with E-state index < -0.39 is 21.9 Å². The van der Waals surface area contributed by atoms with Gasteiger partial charge in [0.2, 0.25) is 10.0 Å². The van der Waals surface area contributed by atoms with Crippen molar-refractivity contribution in [3.8, 4) is 0 Å². The molecule has 10 heteroatoms. The first-order valence-corrected chi connectivity index (χ1v) is 10.3. The standard InChI is InChI=1S/C19H17F3N4O2S/c20-19(21,22)17-18(24-16-9-5-4-8-15(16)23-17)25-10-12-26(13-11-25)29(27,28)14-6-2-1-3-7-14/h1-9H,10-13H2. The van der Waals surface area contributed by atoms with E-state index in [2.05, 4.69) is 9.97 Å². The van der Waals surface area contributed by atoms with Gasteiger partial charge >= 0.3 is 6.18 Å². The minimum atomic E-state index is -4.67. The van der Waals surface area contributed by atoms with E-state index in [1.807, 2.05) is 0 Å². The van der Waals surface area contributed by atoms with Gasteiger partial charge in [0.1, 0.15) is 0 Å². The van der Waals surface area contributed by atoms with Crippen molar-refractivity contribution in [1.29, 1.82) is 0 Å². The number of benzene rings is 2. The van der Waals surface area contributed by atoms with E-state index in [0.29, 0.717) is 5.52 Å². The average Bonchev–Trinajstić information content (AvgIpc) is 2.73. The van der Waals surface area contributed by atoms with Gasteiger partial charge in [0.25, 0.3) is 0 Å². The number of piperazine rings is 1. The monoisotopic (exact) mass is 422 g/mol. The molecule has 1 fully saturated rings. The summed E-state index contributed by atoms with van der Waals surface area (Å²) >= 11 is 0. The zero-order valence-electron chi connectivity index (χ0n) is 15.2. The third kappa shape index (κ3) is 3.77. The van der Waals surface area contributed by atoms with E-state index in [0.717, 1.165) is 0 Å². The van der Waals surface area contributed by atoms with Gasteiger partial charge in [-0.1, -0.05) is 30.3 Å². The Kier molecular flexibility index (Phi) is 4.91. The highest BCUT2D eigenvalue weighted by molar-refractivity contribution is 7.89. The summed E-state index contributed by atoms with van der Waals surface area (Å²) in [6.45, 7) is 0.288. The van der Waals surface area contributed by atoms with E-state index in [9.17, 15) is 21.6 Å². The van der Waals surface area contributed by atoms with E-state index in [-0.39, 0.29) is 42.4 Å². The Hall–Kier alpha value is -2.72. The average molecular weight is 422 g/mol. The van der Waals surface area contributed by atoms with Crippen LogP contribution in [-0.2, 0) is 16.2 Å². The van der Waals surface area contributed by atoms with Crippen LogP contribution in [0.2, 0.25) is 0 Å². The summed E-state index contributed by atoms with van der Waals surface area (Å²) in [7, 11) is -3.69. The smallest absolute Gasteiger partial charge is 0.352 e. The summed E-state index contributed by atoms with van der Waals surface area (Å²) in [5.41, 5.74) is -0.542. The Balaban J connectivity index is 1.62. The molecule has 0 saturated carbocycles. The largest absolute Gasteiger partial charge is 0.437 e. The quantitative estimate of drug-likeness (QED) is 0.649. The second-order valence-electron chi connectivity index (χ2n) is 6.59. The molecule has 3 aromatic rings. The molecular formula is C19H17F3N4O2S. The van der Waals surface area contributed by atoms with Gasteiger partial charge in [0.15, 0.2) is 11.5 Å². The molecule has 0 radical (unpaired) electrons. The molecule has 1 aliphatic heterocycles. The van der Waals surface area contributed by atoms with Gasteiger partial charge in [-0.15, -0.1) is 0 Å². The molecule has 1 saturated heterocycles. The lowest BCUT2D eigenvalue weighted by atomic mass is 10.2. The van der Waals surface area contributed by atoms with E-state index >= 15 is 0 Å². The topological polar surface area (TPSA) is 66.4 Å². The van der Waals surface area contributed by atoms with Crippen molar-refractivity contribution in [2.75, 3.05) is 31.1 Å². The molecule has 1 aromatic heterocycles. The number of nitrogens with zero attached hydrogens (tertiary/aromatic N) is 4. The van der Waals surface area contributed by atoms with Gasteiger partial charge in [0, 0.05) is 26.2 Å². The van der Waals surface area contributed by atoms with Crippen LogP contribution in [0.3, 0.4) is 0 Å². The lowest BCUT2D eigenvalue weighted by Crippen LogP contribution is -2.49. The number of rotatable bonds is 3. The molecule has 4 rings (SSSR count). The molecule has 2 heterocycles. The molecule has 6 nitrogen and oxygen atoms in total. The van der Waals surface area contributed by atoms with Crippen molar-refractivity contribution in [2.24, 2.45) is 0 Å². The third-order valence-corrected chi connectivity index (χ3v) is 6.65. The highest BCUT2D eigenvalue weighted by atomic mass is 32.2. The fourth-order valence-corrected chi connectivity index (χ4v) is 4.73. The molecule has 0 N–H and O–H groups in total. The molecule has 0 unspecified atom stereocenters. The summed E-state index contributed by atoms with van der Waals surface area (Å²) in [4.78, 5) is 9.57. The SMILES string of the molecule is O=S(=O)(c1ccccc1)N1CCN(c2nc3ccccc3nc2C(F)(F)F)CC1. The van der Waals surface area contributed by atoms with Crippen LogP contribution >= 0.6 is 0 Å². The van der Waals surface area contributed by atoms with Crippen LogP contribution in [-0.4, -0.2) is 48.9 Å². The summed E-state index contributed by atoms with van der Waals surface area (Å²) < 4.78 is 67.5. The number of hydrogen-bond donors (Lipinski definition) is 0. The van der Waals surface area contributed by atoms with Crippen LogP contribution in [0.25, 0.3) is 11.0 Å². The Labute approximate surface area is 165 Å². The molecule has 29 heavy (non-hydrogen) atoms. The molecule has 152 valence electrons. The van der Waals surface area contributed by atoms with Crippen molar-refractivity contribution in [2.45, 2.75) is 11.1 Å². The van der Waals surface area contributed by atoms with Gasteiger partial charge in [-0.25, -0.2) is 18.4 Å². The van der Waals surface area contributed by atoms with E-state index in [1.165, 1.54) is 27.4 Å². The molecule has 0 atom stereocenters. The Bertz CT molecular complexity index is 1130. The van der Waals surface area contributed by atoms with Crippen LogP contribution in [0.4, 0.5) is 19.0 Å². The number of alkyl halides is 3. The minimum Gasteiger partial charge on any atom is -0.352 e. The van der Waals surface area contributed by atoms with Crippen molar-refractivity contribution < 1.29 is 21.6 Å². The van der Waals surface area contributed by atoms with Gasteiger partial charge in [0.05, 0.1) is 15.9 Å². The van der Waals surface area contributed by atoms with Gasteiger partial charge in [-0.2, -0.15) is 17.5 Å². The normalized spacial score (nSPS) is 16.3. The molecule has 0 bridgehead atoms. The molecule has 0 spiro atoms. The lowest BCUT2D eigenvalue weighted by molar-refractivity contribution is -0.140. The first kappa shape index (κ1) is 19.6. The summed E-state index contributed by atoms with van der Waals surface area (Å²) in [6, 6.07) is 14.3. The molecule has 2 aromatic carbocycles. The number of hydrogen-bond acceptors (Lipinski definition) is 5. The fraction of sp³-hybridized carbons (Fsp3) is 0.263. The van der Waals surface area contributed by atoms with Crippen LogP contribution in [0.1, 0.15) is 5.69 Å². The lowest BCUT2D eigenvalue weighted by Gasteiger charge is -2.35. The molecule has 0 aliphatic carbocycles. The maximum absolute atomic E-state index is 13.6. The summed E-state index contributed by atoms with van der Waals surface area (Å²) in [5.74, 6) is -0.270. The molecule has 0 amide bonds. The van der Waals surface area contributed by atoms with Crippen molar-refractivity contribution in [3.05, 3.63) is 60.3 Å². The number of fused-ring (bicyclic) bond motifs is 1. The summed E-state index contributed by atoms with van der Waals surface area (Å²) in [6.07, 6.45) is -4.67. The zero-order valence-corrected chi connectivity index (χ0v) is 16.0. The van der Waals surface area contributed by atoms with Crippen LogP contribution < -0.4 is 4.90 Å². The second-order valence-corrected chi connectivity index (χ2v) is 8.52. The number of para-hydroxylation sites is 2. The predicted molar refractivity (Wildman–Crippen MR) is 102 cm³/mol. The first-order valence-electron chi connectivity index (χ1n) is 8.91. The fourth-order valence-electron chi connectivity index (χ4n) is 3.28. The second kappa shape index (κ2) is 7.27. The van der Waals surface area contributed by atoms with Crippen molar-refractivity contribution in [3.63, 3.8) is 0 Å². The van der Waals surface area contributed by atoms with Crippen molar-refractivity contribution in [1.82, 2.24) is 14.3 Å². The predicted octanol–water partition coefficient (Wildman–Crippen LogP) is 3.16. The van der Waals surface area contributed by atoms with Crippen LogP contribution in [0.15, 0.2) is 59.5 Å². The van der Waals surface area contributed by atoms with E-state index in [4.69, 9.17) is 0 Å². The molecule has 1 aliphatic rings. The zero-order chi connectivity index (χ0) is 20.6. The maximum Gasteiger partial charge on any atom is 0.437 e. The molecular weight excluding hydrogens is 405 g/mol. The Morgan fingerprint density at radius 1 is 0.793 bits per heavy atom. The number of halogens is 3. The van der Waals surface area contributed by atoms with Crippen LogP contribution in [0, 0.1) is 0 Å². The van der Waals surface area contributed by atoms with E-state index in [1.54, 1.807) is 36.4 Å².